The van der Waals surface area contributed by atoms with Gasteiger partial charge in [-0.05, 0) is 46.1 Å². The van der Waals surface area contributed by atoms with Gasteiger partial charge in [0.1, 0.15) is 5.60 Å². The van der Waals surface area contributed by atoms with Gasteiger partial charge in [-0.1, -0.05) is 29.8 Å². The molecular formula is C20H31N3O4. The number of alkyl carbamates (subject to hydrolysis) is 1. The molecule has 0 saturated heterocycles. The summed E-state index contributed by atoms with van der Waals surface area (Å²) in [5.41, 5.74) is 1.73. The lowest BCUT2D eigenvalue weighted by Crippen LogP contribution is -2.40. The Bertz CT molecular complexity index is 638. The third-order valence-electron chi connectivity index (χ3n) is 3.51. The summed E-state index contributed by atoms with van der Waals surface area (Å²) >= 11 is 0. The van der Waals surface area contributed by atoms with E-state index < -0.39 is 11.7 Å². The van der Waals surface area contributed by atoms with Crippen LogP contribution in [0.1, 0.15) is 44.7 Å². The highest BCUT2D eigenvalue weighted by molar-refractivity contribution is 5.82. The van der Waals surface area contributed by atoms with Crippen molar-refractivity contribution in [2.24, 2.45) is 0 Å². The molecule has 7 nitrogen and oxygen atoms in total. The van der Waals surface area contributed by atoms with E-state index in [1.54, 1.807) is 20.8 Å². The minimum absolute atomic E-state index is 0.00516. The lowest BCUT2D eigenvalue weighted by atomic mass is 10.1. The van der Waals surface area contributed by atoms with Crippen molar-refractivity contribution in [3.05, 3.63) is 35.4 Å². The number of ether oxygens (including phenoxy) is 1. The monoisotopic (exact) mass is 377 g/mol. The number of rotatable bonds is 9. The van der Waals surface area contributed by atoms with Crippen molar-refractivity contribution in [1.29, 1.82) is 0 Å². The van der Waals surface area contributed by atoms with E-state index in [1.807, 2.05) is 25.1 Å². The Hall–Kier alpha value is -2.57. The summed E-state index contributed by atoms with van der Waals surface area (Å²) in [6, 6.07) is 8.11. The van der Waals surface area contributed by atoms with Gasteiger partial charge in [0.05, 0.1) is 6.54 Å². The normalized spacial score (nSPS) is 10.8. The van der Waals surface area contributed by atoms with E-state index in [4.69, 9.17) is 4.74 Å². The molecule has 1 aromatic rings. The molecule has 1 aromatic carbocycles. The van der Waals surface area contributed by atoms with Gasteiger partial charge in [-0.15, -0.1) is 0 Å². The molecule has 1 rings (SSSR count). The molecule has 3 amide bonds. The first-order chi connectivity index (χ1) is 12.7. The van der Waals surface area contributed by atoms with Gasteiger partial charge in [-0.25, -0.2) is 4.79 Å². The standard InChI is InChI=1S/C20H31N3O4/c1-15-7-5-8-16(13-15)9-10-17(24)21-11-6-12-22-18(25)14-23-19(26)27-20(2,3)4/h5,7-8,13H,6,9-12,14H2,1-4H3,(H,21,24)(H,22,25)(H,23,26). The van der Waals surface area contributed by atoms with Crippen molar-refractivity contribution in [2.75, 3.05) is 19.6 Å². The molecule has 0 spiro atoms. The zero-order valence-corrected chi connectivity index (χ0v) is 16.7. The van der Waals surface area contributed by atoms with Crippen LogP contribution in [0.25, 0.3) is 0 Å². The van der Waals surface area contributed by atoms with Gasteiger partial charge >= 0.3 is 6.09 Å². The number of nitrogens with one attached hydrogen (secondary N) is 3. The molecule has 27 heavy (non-hydrogen) atoms. The van der Waals surface area contributed by atoms with E-state index in [0.29, 0.717) is 32.4 Å². The van der Waals surface area contributed by atoms with Gasteiger partial charge in [0, 0.05) is 19.5 Å². The van der Waals surface area contributed by atoms with Crippen LogP contribution in [0.2, 0.25) is 0 Å². The van der Waals surface area contributed by atoms with Crippen LogP contribution in [0.15, 0.2) is 24.3 Å². The van der Waals surface area contributed by atoms with Gasteiger partial charge in [0.25, 0.3) is 0 Å². The minimum atomic E-state index is -0.626. The largest absolute Gasteiger partial charge is 0.444 e. The fourth-order valence-corrected chi connectivity index (χ4v) is 2.29. The minimum Gasteiger partial charge on any atom is -0.444 e. The number of benzene rings is 1. The Morgan fingerprint density at radius 3 is 2.30 bits per heavy atom. The zero-order chi connectivity index (χ0) is 20.3. The topological polar surface area (TPSA) is 96.5 Å². The van der Waals surface area contributed by atoms with Crippen molar-refractivity contribution >= 4 is 17.9 Å². The maximum atomic E-state index is 11.8. The highest BCUT2D eigenvalue weighted by atomic mass is 16.6. The molecular weight excluding hydrogens is 346 g/mol. The summed E-state index contributed by atoms with van der Waals surface area (Å²) in [6.07, 6.45) is 1.14. The summed E-state index contributed by atoms with van der Waals surface area (Å²) in [7, 11) is 0. The predicted molar refractivity (Wildman–Crippen MR) is 104 cm³/mol. The molecule has 0 bridgehead atoms. The van der Waals surface area contributed by atoms with Crippen LogP contribution in [-0.4, -0.2) is 43.1 Å². The Morgan fingerprint density at radius 2 is 1.67 bits per heavy atom. The van der Waals surface area contributed by atoms with Crippen LogP contribution in [0.3, 0.4) is 0 Å². The number of hydrogen-bond donors (Lipinski definition) is 3. The van der Waals surface area contributed by atoms with E-state index >= 15 is 0 Å². The first kappa shape index (κ1) is 22.5. The Labute approximate surface area is 161 Å². The molecule has 0 radical (unpaired) electrons. The number of carbonyl (C=O) groups is 3. The van der Waals surface area contributed by atoms with Crippen molar-refractivity contribution in [2.45, 2.75) is 52.6 Å². The van der Waals surface area contributed by atoms with Crippen molar-refractivity contribution < 1.29 is 19.1 Å². The van der Waals surface area contributed by atoms with E-state index in [0.717, 1.165) is 5.56 Å². The van der Waals surface area contributed by atoms with Crippen LogP contribution >= 0.6 is 0 Å². The Morgan fingerprint density at radius 1 is 1.00 bits per heavy atom. The molecule has 3 N–H and O–H groups in total. The van der Waals surface area contributed by atoms with Gasteiger partial charge in [0.15, 0.2) is 0 Å². The van der Waals surface area contributed by atoms with Crippen LogP contribution in [-0.2, 0) is 20.7 Å². The molecule has 0 aliphatic heterocycles. The number of carbonyl (C=O) groups excluding carboxylic acids is 3. The first-order valence-electron chi connectivity index (χ1n) is 9.21. The third-order valence-corrected chi connectivity index (χ3v) is 3.51. The average molecular weight is 377 g/mol. The molecule has 0 unspecified atom stereocenters. The maximum Gasteiger partial charge on any atom is 0.408 e. The maximum absolute atomic E-state index is 11.8. The number of amides is 3. The van der Waals surface area contributed by atoms with Crippen molar-refractivity contribution in [1.82, 2.24) is 16.0 Å². The van der Waals surface area contributed by atoms with Crippen LogP contribution in [0, 0.1) is 6.92 Å². The lowest BCUT2D eigenvalue weighted by molar-refractivity contribution is -0.121. The van der Waals surface area contributed by atoms with Gasteiger partial charge in [-0.2, -0.15) is 0 Å². The van der Waals surface area contributed by atoms with Crippen LogP contribution < -0.4 is 16.0 Å². The van der Waals surface area contributed by atoms with Crippen molar-refractivity contribution in [3.8, 4) is 0 Å². The van der Waals surface area contributed by atoms with Crippen LogP contribution in [0.4, 0.5) is 4.79 Å². The summed E-state index contributed by atoms with van der Waals surface area (Å²) < 4.78 is 5.04. The molecule has 0 aliphatic carbocycles. The van der Waals surface area contributed by atoms with E-state index in [-0.39, 0.29) is 18.4 Å². The zero-order valence-electron chi connectivity index (χ0n) is 16.7. The molecule has 0 atom stereocenters. The second kappa shape index (κ2) is 11.2. The van der Waals surface area contributed by atoms with Gasteiger partial charge in [-0.3, -0.25) is 9.59 Å². The van der Waals surface area contributed by atoms with E-state index in [1.165, 1.54) is 5.56 Å². The van der Waals surface area contributed by atoms with Gasteiger partial charge in [0.2, 0.25) is 11.8 Å². The second-order valence-corrected chi connectivity index (χ2v) is 7.40. The van der Waals surface area contributed by atoms with Crippen molar-refractivity contribution in [3.63, 3.8) is 0 Å². The second-order valence-electron chi connectivity index (χ2n) is 7.40. The third kappa shape index (κ3) is 11.6. The molecule has 0 aliphatic rings. The molecule has 0 aromatic heterocycles. The Kier molecular flexibility index (Phi) is 9.33. The summed E-state index contributed by atoms with van der Waals surface area (Å²) in [4.78, 5) is 34.9. The summed E-state index contributed by atoms with van der Waals surface area (Å²) in [5, 5.41) is 7.91. The fraction of sp³-hybridized carbons (Fsp3) is 0.550. The summed E-state index contributed by atoms with van der Waals surface area (Å²) in [5.74, 6) is -0.305. The first-order valence-corrected chi connectivity index (χ1v) is 9.21. The van der Waals surface area contributed by atoms with Gasteiger partial charge < -0.3 is 20.7 Å². The lowest BCUT2D eigenvalue weighted by Gasteiger charge is -2.19. The van der Waals surface area contributed by atoms with E-state index in [9.17, 15) is 14.4 Å². The highest BCUT2D eigenvalue weighted by Gasteiger charge is 2.16. The molecule has 7 heteroatoms. The summed E-state index contributed by atoms with van der Waals surface area (Å²) in [6.45, 7) is 8.06. The average Bonchev–Trinajstić information content (AvgIpc) is 2.56. The van der Waals surface area contributed by atoms with E-state index in [2.05, 4.69) is 22.0 Å². The van der Waals surface area contributed by atoms with Crippen LogP contribution in [0.5, 0.6) is 0 Å². The Balaban J connectivity index is 2.06. The smallest absolute Gasteiger partial charge is 0.408 e. The fourth-order valence-electron chi connectivity index (χ4n) is 2.29. The predicted octanol–water partition coefficient (Wildman–Crippen LogP) is 2.07. The molecule has 0 saturated carbocycles. The number of hydrogen-bond acceptors (Lipinski definition) is 4. The quantitative estimate of drug-likeness (QED) is 0.574. The highest BCUT2D eigenvalue weighted by Crippen LogP contribution is 2.07. The SMILES string of the molecule is Cc1cccc(CCC(=O)NCCCNC(=O)CNC(=O)OC(C)(C)C)c1. The molecule has 0 heterocycles. The molecule has 150 valence electrons. The molecule has 0 fully saturated rings. The number of aryl methyl sites for hydroxylation is 2.